The molecule has 1 N–H and O–H groups in total. The fraction of sp³-hybridized carbons (Fsp3) is 0.172. The second-order valence-corrected chi connectivity index (χ2v) is 10.0. The molecule has 9 nitrogen and oxygen atoms in total. The molecule has 0 radical (unpaired) electrons. The molecule has 3 aromatic carbocycles. The van der Waals surface area contributed by atoms with Gasteiger partial charge >= 0.3 is 5.97 Å². The lowest BCUT2D eigenvalue weighted by Crippen LogP contribution is -2.46. The number of piperazine rings is 1. The Morgan fingerprint density at radius 3 is 2.40 bits per heavy atom. The van der Waals surface area contributed by atoms with E-state index < -0.39 is 22.8 Å². The number of carbonyl (C=O) groups is 1. The number of hydrogen-bond donors (Lipinski definition) is 1. The van der Waals surface area contributed by atoms with Crippen LogP contribution < -0.4 is 15.2 Å². The summed E-state index contributed by atoms with van der Waals surface area (Å²) < 4.78 is 18.8. The van der Waals surface area contributed by atoms with Gasteiger partial charge in [0.15, 0.2) is 0 Å². The van der Waals surface area contributed by atoms with Crippen LogP contribution in [0.25, 0.3) is 16.6 Å². The van der Waals surface area contributed by atoms with Crippen LogP contribution in [0.3, 0.4) is 0 Å². The molecule has 2 aromatic heterocycles. The Hall–Kier alpha value is -4.70. The van der Waals surface area contributed by atoms with Gasteiger partial charge in [-0.05, 0) is 48.0 Å². The highest BCUT2D eigenvalue weighted by molar-refractivity contribution is 6.30. The molecule has 0 atom stereocenters. The van der Waals surface area contributed by atoms with Gasteiger partial charge in [0.1, 0.15) is 11.4 Å². The molecule has 0 aliphatic carbocycles. The van der Waals surface area contributed by atoms with Gasteiger partial charge < -0.3 is 19.5 Å². The number of hydrogen-bond acceptors (Lipinski definition) is 6. The summed E-state index contributed by atoms with van der Waals surface area (Å²) in [6.07, 6.45) is 4.66. The Balaban J connectivity index is 1.37. The van der Waals surface area contributed by atoms with Gasteiger partial charge in [-0.25, -0.2) is 13.9 Å². The summed E-state index contributed by atoms with van der Waals surface area (Å²) in [4.78, 5) is 29.1. The van der Waals surface area contributed by atoms with Gasteiger partial charge in [0.25, 0.3) is 0 Å². The maximum absolute atomic E-state index is 15.5. The highest BCUT2D eigenvalue weighted by Gasteiger charge is 2.23. The topological polar surface area (TPSA) is 96.5 Å². The molecule has 202 valence electrons. The fourth-order valence-corrected chi connectivity index (χ4v) is 5.27. The Kier molecular flexibility index (Phi) is 6.69. The van der Waals surface area contributed by atoms with E-state index >= 15 is 4.39 Å². The van der Waals surface area contributed by atoms with Crippen molar-refractivity contribution < 1.29 is 14.3 Å². The SMILES string of the molecule is O=C(O)c1cn(-c2ccc(Cn3ccnn3)cc2)c2cc(N3CCN(c4cccc(Cl)c4)CC3)c(F)cc2c1=O. The summed E-state index contributed by atoms with van der Waals surface area (Å²) in [6, 6.07) is 17.8. The minimum atomic E-state index is -1.37. The second-order valence-electron chi connectivity index (χ2n) is 9.59. The summed E-state index contributed by atoms with van der Waals surface area (Å²) in [5.41, 5.74) is 2.23. The third-order valence-corrected chi connectivity index (χ3v) is 7.36. The number of benzene rings is 3. The lowest BCUT2D eigenvalue weighted by atomic mass is 10.1. The third kappa shape index (κ3) is 4.89. The van der Waals surface area contributed by atoms with Crippen molar-refractivity contribution in [3.8, 4) is 5.69 Å². The van der Waals surface area contributed by atoms with Gasteiger partial charge in [-0.15, -0.1) is 5.10 Å². The van der Waals surface area contributed by atoms with Gasteiger partial charge in [0.2, 0.25) is 5.43 Å². The van der Waals surface area contributed by atoms with Crippen LogP contribution >= 0.6 is 11.6 Å². The fourth-order valence-electron chi connectivity index (χ4n) is 5.09. The zero-order valence-electron chi connectivity index (χ0n) is 21.2. The van der Waals surface area contributed by atoms with Gasteiger partial charge in [-0.3, -0.25) is 4.79 Å². The first kappa shape index (κ1) is 25.6. The molecule has 6 rings (SSSR count). The van der Waals surface area contributed by atoms with Crippen molar-refractivity contribution in [3.05, 3.63) is 111 Å². The number of rotatable bonds is 6. The van der Waals surface area contributed by atoms with Crippen molar-refractivity contribution in [2.75, 3.05) is 36.0 Å². The summed E-state index contributed by atoms with van der Waals surface area (Å²) in [6.45, 7) is 2.96. The van der Waals surface area contributed by atoms with E-state index in [1.807, 2.05) is 53.4 Å². The lowest BCUT2D eigenvalue weighted by molar-refractivity contribution is 0.0695. The molecule has 0 bridgehead atoms. The van der Waals surface area contributed by atoms with Crippen molar-refractivity contribution in [2.24, 2.45) is 0 Å². The predicted molar refractivity (Wildman–Crippen MR) is 151 cm³/mol. The van der Waals surface area contributed by atoms with Crippen LogP contribution in [0.1, 0.15) is 15.9 Å². The Morgan fingerprint density at radius 1 is 0.975 bits per heavy atom. The van der Waals surface area contributed by atoms with Crippen LogP contribution in [0.15, 0.2) is 84.0 Å². The predicted octanol–water partition coefficient (Wildman–Crippen LogP) is 4.45. The van der Waals surface area contributed by atoms with Crippen LogP contribution in [0, 0.1) is 5.82 Å². The maximum atomic E-state index is 15.5. The first-order valence-corrected chi connectivity index (χ1v) is 13.1. The number of halogens is 2. The van der Waals surface area contributed by atoms with Gasteiger partial charge in [-0.1, -0.05) is 35.0 Å². The molecule has 0 amide bonds. The van der Waals surface area contributed by atoms with Gasteiger partial charge in [0.05, 0.1) is 23.9 Å². The maximum Gasteiger partial charge on any atom is 0.341 e. The summed E-state index contributed by atoms with van der Waals surface area (Å²) in [7, 11) is 0. The molecule has 0 saturated carbocycles. The van der Waals surface area contributed by atoms with Crippen LogP contribution in [-0.2, 0) is 6.54 Å². The molecular weight excluding hydrogens is 535 g/mol. The monoisotopic (exact) mass is 558 g/mol. The Bertz CT molecular complexity index is 1760. The number of carboxylic acid groups (broad SMARTS) is 1. The average Bonchev–Trinajstić information content (AvgIpc) is 3.47. The van der Waals surface area contributed by atoms with E-state index in [2.05, 4.69) is 15.2 Å². The minimum absolute atomic E-state index is 0.00501. The largest absolute Gasteiger partial charge is 0.477 e. The number of carboxylic acids is 1. The van der Waals surface area contributed by atoms with E-state index in [4.69, 9.17) is 11.6 Å². The Labute approximate surface area is 233 Å². The van der Waals surface area contributed by atoms with E-state index in [0.717, 1.165) is 17.3 Å². The highest BCUT2D eigenvalue weighted by Crippen LogP contribution is 2.29. The molecule has 40 heavy (non-hydrogen) atoms. The molecule has 1 aliphatic heterocycles. The zero-order chi connectivity index (χ0) is 27.8. The van der Waals surface area contributed by atoms with E-state index in [0.29, 0.717) is 54.6 Å². The smallest absolute Gasteiger partial charge is 0.341 e. The van der Waals surface area contributed by atoms with Crippen LogP contribution in [0.5, 0.6) is 0 Å². The molecule has 11 heteroatoms. The van der Waals surface area contributed by atoms with Crippen molar-refractivity contribution in [1.82, 2.24) is 19.6 Å². The van der Waals surface area contributed by atoms with Crippen molar-refractivity contribution in [3.63, 3.8) is 0 Å². The minimum Gasteiger partial charge on any atom is -0.477 e. The summed E-state index contributed by atoms with van der Waals surface area (Å²) in [5.74, 6) is -1.94. The van der Waals surface area contributed by atoms with E-state index in [-0.39, 0.29) is 5.39 Å². The summed E-state index contributed by atoms with van der Waals surface area (Å²) >= 11 is 6.16. The van der Waals surface area contributed by atoms with E-state index in [9.17, 15) is 14.7 Å². The number of aromatic carboxylic acids is 1. The third-order valence-electron chi connectivity index (χ3n) is 7.13. The van der Waals surface area contributed by atoms with Crippen LogP contribution in [0.4, 0.5) is 15.8 Å². The molecule has 1 saturated heterocycles. The number of pyridine rings is 1. The second kappa shape index (κ2) is 10.5. The average molecular weight is 559 g/mol. The standard InChI is InChI=1S/C29H24ClFN6O3/c30-20-2-1-3-22(14-20)34-10-12-35(13-11-34)27-16-26-23(15-25(27)31)28(38)24(29(39)40)18-37(26)21-6-4-19(5-7-21)17-36-9-8-32-33-36/h1-9,14-16,18H,10-13,17H2,(H,39,40). The van der Waals surface area contributed by atoms with Crippen molar-refractivity contribution in [1.29, 1.82) is 0 Å². The molecule has 5 aromatic rings. The van der Waals surface area contributed by atoms with Crippen LogP contribution in [0.2, 0.25) is 5.02 Å². The lowest BCUT2D eigenvalue weighted by Gasteiger charge is -2.37. The van der Waals surface area contributed by atoms with Gasteiger partial charge in [-0.2, -0.15) is 0 Å². The number of fused-ring (bicyclic) bond motifs is 1. The number of aromatic nitrogens is 4. The zero-order valence-corrected chi connectivity index (χ0v) is 22.0. The Morgan fingerprint density at radius 2 is 1.73 bits per heavy atom. The van der Waals surface area contributed by atoms with E-state index in [1.54, 1.807) is 27.7 Å². The molecule has 0 unspecified atom stereocenters. The summed E-state index contributed by atoms with van der Waals surface area (Å²) in [5, 5.41) is 18.2. The van der Waals surface area contributed by atoms with Crippen LogP contribution in [-0.4, -0.2) is 56.8 Å². The van der Waals surface area contributed by atoms with E-state index in [1.165, 1.54) is 6.20 Å². The first-order chi connectivity index (χ1) is 19.4. The molecule has 1 fully saturated rings. The highest BCUT2D eigenvalue weighted by atomic mass is 35.5. The van der Waals surface area contributed by atoms with Crippen molar-refractivity contribution >= 4 is 39.8 Å². The number of nitrogens with zero attached hydrogens (tertiary/aromatic N) is 6. The molecule has 1 aliphatic rings. The normalized spacial score (nSPS) is 13.7. The molecular formula is C29H24ClFN6O3. The molecule has 0 spiro atoms. The van der Waals surface area contributed by atoms with Crippen molar-refractivity contribution in [2.45, 2.75) is 6.54 Å². The molecule has 3 heterocycles. The quantitative estimate of drug-likeness (QED) is 0.329. The van der Waals surface area contributed by atoms with Gasteiger partial charge in [0, 0.05) is 60.4 Å². The number of anilines is 2. The first-order valence-electron chi connectivity index (χ1n) is 12.7.